The van der Waals surface area contributed by atoms with Gasteiger partial charge in [0.1, 0.15) is 4.88 Å². The Kier molecular flexibility index (Phi) is 4.51. The lowest BCUT2D eigenvalue weighted by atomic mass is 10.3. The average molecular weight is 310 g/mol. The van der Waals surface area contributed by atoms with Crippen LogP contribution in [0, 0.1) is 6.92 Å². The maximum atomic E-state index is 12.1. The second kappa shape index (κ2) is 6.15. The number of nitrogens with zero attached hydrogens (tertiary/aromatic N) is 2. The number of thiophene rings is 1. The SMILES string of the molecule is Cc1cnc(CCN(C)C(=O)c2ccc(C(=O)O)s2)s1. The normalized spacial score (nSPS) is 10.5. The van der Waals surface area contributed by atoms with Crippen molar-refractivity contribution < 1.29 is 14.7 Å². The van der Waals surface area contributed by atoms with Crippen LogP contribution in [0.15, 0.2) is 18.3 Å². The smallest absolute Gasteiger partial charge is 0.345 e. The summed E-state index contributed by atoms with van der Waals surface area (Å²) in [5, 5.41) is 9.85. The van der Waals surface area contributed by atoms with Crippen molar-refractivity contribution in [3.05, 3.63) is 38.0 Å². The van der Waals surface area contributed by atoms with Gasteiger partial charge in [-0.1, -0.05) is 0 Å². The number of likely N-dealkylation sites (N-methyl/N-ethyl adjacent to an activating group) is 1. The highest BCUT2D eigenvalue weighted by molar-refractivity contribution is 7.15. The Hall–Kier alpha value is -1.73. The van der Waals surface area contributed by atoms with Crippen molar-refractivity contribution >= 4 is 34.6 Å². The molecule has 0 saturated heterocycles. The fourth-order valence-corrected chi connectivity index (χ4v) is 3.25. The first-order valence-corrected chi connectivity index (χ1v) is 7.60. The summed E-state index contributed by atoms with van der Waals surface area (Å²) in [5.74, 6) is -1.16. The van der Waals surface area contributed by atoms with Crippen LogP contribution in [-0.4, -0.2) is 40.5 Å². The summed E-state index contributed by atoms with van der Waals surface area (Å²) in [4.78, 5) is 30.5. The number of aromatic carboxylic acids is 1. The van der Waals surface area contributed by atoms with Crippen LogP contribution in [-0.2, 0) is 6.42 Å². The van der Waals surface area contributed by atoms with E-state index >= 15 is 0 Å². The first-order valence-electron chi connectivity index (χ1n) is 5.97. The molecule has 106 valence electrons. The average Bonchev–Trinajstić information content (AvgIpc) is 3.03. The highest BCUT2D eigenvalue weighted by Crippen LogP contribution is 2.18. The van der Waals surface area contributed by atoms with E-state index in [1.165, 1.54) is 6.07 Å². The number of hydrogen-bond donors (Lipinski definition) is 1. The number of carbonyl (C=O) groups excluding carboxylic acids is 1. The molecule has 0 saturated carbocycles. The Morgan fingerprint density at radius 1 is 1.30 bits per heavy atom. The number of aryl methyl sites for hydroxylation is 1. The van der Waals surface area contributed by atoms with Crippen LogP contribution in [0.1, 0.15) is 29.2 Å². The van der Waals surface area contributed by atoms with Crippen LogP contribution < -0.4 is 0 Å². The molecule has 0 aliphatic carbocycles. The van der Waals surface area contributed by atoms with Gasteiger partial charge in [-0.2, -0.15) is 0 Å². The van der Waals surface area contributed by atoms with E-state index in [1.54, 1.807) is 29.4 Å². The van der Waals surface area contributed by atoms with Gasteiger partial charge < -0.3 is 10.0 Å². The number of aromatic nitrogens is 1. The van der Waals surface area contributed by atoms with Gasteiger partial charge in [0.15, 0.2) is 0 Å². The number of hydrogen-bond acceptors (Lipinski definition) is 5. The molecule has 0 aliphatic rings. The summed E-state index contributed by atoms with van der Waals surface area (Å²) < 4.78 is 0. The van der Waals surface area contributed by atoms with E-state index in [0.717, 1.165) is 21.2 Å². The highest BCUT2D eigenvalue weighted by atomic mass is 32.1. The Morgan fingerprint density at radius 2 is 2.00 bits per heavy atom. The zero-order chi connectivity index (χ0) is 14.7. The van der Waals surface area contributed by atoms with Gasteiger partial charge in [0.05, 0.1) is 9.88 Å². The van der Waals surface area contributed by atoms with Gasteiger partial charge in [0.25, 0.3) is 5.91 Å². The van der Waals surface area contributed by atoms with E-state index in [0.29, 0.717) is 17.8 Å². The molecule has 2 heterocycles. The molecule has 5 nitrogen and oxygen atoms in total. The quantitative estimate of drug-likeness (QED) is 0.921. The number of amides is 1. The topological polar surface area (TPSA) is 70.5 Å². The molecule has 2 aromatic heterocycles. The van der Waals surface area contributed by atoms with Crippen LogP contribution in [0.2, 0.25) is 0 Å². The van der Waals surface area contributed by atoms with Crippen molar-refractivity contribution in [2.24, 2.45) is 0 Å². The minimum atomic E-state index is -1.00. The van der Waals surface area contributed by atoms with E-state index in [-0.39, 0.29) is 10.8 Å². The maximum absolute atomic E-state index is 12.1. The molecular formula is C13H14N2O3S2. The molecule has 2 rings (SSSR count). The van der Waals surface area contributed by atoms with E-state index in [4.69, 9.17) is 5.11 Å². The zero-order valence-corrected chi connectivity index (χ0v) is 12.8. The van der Waals surface area contributed by atoms with Crippen molar-refractivity contribution in [1.82, 2.24) is 9.88 Å². The predicted octanol–water partition coefficient (Wildman–Crippen LogP) is 2.53. The second-order valence-electron chi connectivity index (χ2n) is 4.31. The number of carbonyl (C=O) groups is 2. The number of carboxylic acids is 1. The first kappa shape index (κ1) is 14.7. The summed E-state index contributed by atoms with van der Waals surface area (Å²) in [6, 6.07) is 3.01. The first-order chi connectivity index (χ1) is 9.47. The monoisotopic (exact) mass is 310 g/mol. The summed E-state index contributed by atoms with van der Waals surface area (Å²) in [6.07, 6.45) is 2.53. The van der Waals surface area contributed by atoms with E-state index in [9.17, 15) is 9.59 Å². The standard InChI is InChI=1S/C13H14N2O3S2/c1-8-7-14-11(19-8)5-6-15(2)12(16)9-3-4-10(20-9)13(17)18/h3-4,7H,5-6H2,1-2H3,(H,17,18). The van der Waals surface area contributed by atoms with E-state index < -0.39 is 5.97 Å². The summed E-state index contributed by atoms with van der Waals surface area (Å²) in [7, 11) is 1.71. The molecular weight excluding hydrogens is 296 g/mol. The van der Waals surface area contributed by atoms with Crippen molar-refractivity contribution in [3.8, 4) is 0 Å². The summed E-state index contributed by atoms with van der Waals surface area (Å²) in [5.41, 5.74) is 0. The van der Waals surface area contributed by atoms with Gasteiger partial charge in [0.2, 0.25) is 0 Å². The van der Waals surface area contributed by atoms with Gasteiger partial charge >= 0.3 is 5.97 Å². The number of rotatable bonds is 5. The summed E-state index contributed by atoms with van der Waals surface area (Å²) >= 11 is 2.62. The van der Waals surface area contributed by atoms with Gasteiger partial charge in [-0.15, -0.1) is 22.7 Å². The minimum absolute atomic E-state index is 0.157. The lowest BCUT2D eigenvalue weighted by Gasteiger charge is -2.15. The van der Waals surface area contributed by atoms with Crippen LogP contribution in [0.5, 0.6) is 0 Å². The third-order valence-electron chi connectivity index (χ3n) is 2.70. The molecule has 0 aromatic carbocycles. The van der Waals surface area contributed by atoms with Gasteiger partial charge in [-0.3, -0.25) is 4.79 Å². The number of carboxylic acid groups (broad SMARTS) is 1. The van der Waals surface area contributed by atoms with Crippen LogP contribution in [0.4, 0.5) is 0 Å². The third kappa shape index (κ3) is 3.43. The van der Waals surface area contributed by atoms with Crippen LogP contribution in [0.25, 0.3) is 0 Å². The number of thiazole rings is 1. The molecule has 7 heteroatoms. The Bertz CT molecular complexity index is 633. The molecule has 0 fully saturated rings. The maximum Gasteiger partial charge on any atom is 0.345 e. The molecule has 20 heavy (non-hydrogen) atoms. The molecule has 0 atom stereocenters. The Morgan fingerprint density at radius 3 is 2.55 bits per heavy atom. The molecule has 1 N–H and O–H groups in total. The van der Waals surface area contributed by atoms with Crippen molar-refractivity contribution in [2.45, 2.75) is 13.3 Å². The fraction of sp³-hybridized carbons (Fsp3) is 0.308. The summed E-state index contributed by atoms with van der Waals surface area (Å²) in [6.45, 7) is 2.56. The molecule has 2 aromatic rings. The molecule has 0 spiro atoms. The van der Waals surface area contributed by atoms with E-state index in [2.05, 4.69) is 4.98 Å². The van der Waals surface area contributed by atoms with E-state index in [1.807, 2.05) is 13.1 Å². The lowest BCUT2D eigenvalue weighted by molar-refractivity contribution is 0.0701. The predicted molar refractivity (Wildman–Crippen MR) is 78.8 cm³/mol. The van der Waals surface area contributed by atoms with Crippen molar-refractivity contribution in [3.63, 3.8) is 0 Å². The second-order valence-corrected chi connectivity index (χ2v) is 6.71. The molecule has 0 radical (unpaired) electrons. The zero-order valence-electron chi connectivity index (χ0n) is 11.1. The highest BCUT2D eigenvalue weighted by Gasteiger charge is 2.16. The third-order valence-corrected chi connectivity index (χ3v) is 4.74. The van der Waals surface area contributed by atoms with Crippen LogP contribution >= 0.6 is 22.7 Å². The van der Waals surface area contributed by atoms with Crippen molar-refractivity contribution in [2.75, 3.05) is 13.6 Å². The molecule has 0 bridgehead atoms. The lowest BCUT2D eigenvalue weighted by Crippen LogP contribution is -2.28. The molecule has 0 aliphatic heterocycles. The Balaban J connectivity index is 1.95. The van der Waals surface area contributed by atoms with Gasteiger partial charge in [-0.25, -0.2) is 9.78 Å². The van der Waals surface area contributed by atoms with Gasteiger partial charge in [0, 0.05) is 31.1 Å². The Labute approximate surface area is 124 Å². The van der Waals surface area contributed by atoms with Gasteiger partial charge in [-0.05, 0) is 19.1 Å². The largest absolute Gasteiger partial charge is 0.477 e. The fourth-order valence-electron chi connectivity index (χ4n) is 1.64. The van der Waals surface area contributed by atoms with Crippen LogP contribution in [0.3, 0.4) is 0 Å². The minimum Gasteiger partial charge on any atom is -0.477 e. The molecule has 0 unspecified atom stereocenters. The molecule has 1 amide bonds. The van der Waals surface area contributed by atoms with Crippen molar-refractivity contribution in [1.29, 1.82) is 0 Å².